The van der Waals surface area contributed by atoms with Gasteiger partial charge in [-0.2, -0.15) is 0 Å². The number of nitrogens with one attached hydrogen (secondary N) is 1. The van der Waals surface area contributed by atoms with Gasteiger partial charge in [0.1, 0.15) is 0 Å². The summed E-state index contributed by atoms with van der Waals surface area (Å²) in [4.78, 5) is 2.61. The van der Waals surface area contributed by atoms with Crippen LogP contribution < -0.4 is 5.32 Å². The maximum atomic E-state index is 3.78. The van der Waals surface area contributed by atoms with Crippen LogP contribution in [0.4, 0.5) is 0 Å². The van der Waals surface area contributed by atoms with E-state index < -0.39 is 0 Å². The minimum absolute atomic E-state index is 0.519. The number of likely N-dealkylation sites (N-methyl/N-ethyl adjacent to an activating group) is 1. The highest BCUT2D eigenvalue weighted by atomic mass is 15.2. The summed E-state index contributed by atoms with van der Waals surface area (Å²) < 4.78 is 0. The van der Waals surface area contributed by atoms with E-state index in [1.807, 2.05) is 0 Å². The maximum absolute atomic E-state index is 3.78. The van der Waals surface area contributed by atoms with Gasteiger partial charge in [0.25, 0.3) is 0 Å². The zero-order valence-electron chi connectivity index (χ0n) is 13.1. The Kier molecular flexibility index (Phi) is 4.13. The Labute approximate surface area is 123 Å². The van der Waals surface area contributed by atoms with Crippen LogP contribution in [0, 0.1) is 11.8 Å². The quantitative estimate of drug-likeness (QED) is 0.855. The third kappa shape index (κ3) is 2.77. The topological polar surface area (TPSA) is 15.3 Å². The smallest absolute Gasteiger partial charge is 0.0484 e. The molecule has 0 aliphatic heterocycles. The fraction of sp³-hybridized carbons (Fsp3) is 0.667. The van der Waals surface area contributed by atoms with Crippen molar-refractivity contribution in [2.24, 2.45) is 11.8 Å². The number of hydrogen-bond acceptors (Lipinski definition) is 2. The van der Waals surface area contributed by atoms with Crippen molar-refractivity contribution >= 4 is 0 Å². The predicted molar refractivity (Wildman–Crippen MR) is 84.9 cm³/mol. The van der Waals surface area contributed by atoms with Gasteiger partial charge in [0.05, 0.1) is 0 Å². The number of nitrogens with zero attached hydrogens (tertiary/aromatic N) is 1. The van der Waals surface area contributed by atoms with E-state index >= 15 is 0 Å². The van der Waals surface area contributed by atoms with Gasteiger partial charge in [-0.15, -0.1) is 0 Å². The second-order valence-corrected chi connectivity index (χ2v) is 6.81. The van der Waals surface area contributed by atoms with Crippen molar-refractivity contribution in [1.29, 1.82) is 0 Å². The molecule has 0 radical (unpaired) electrons. The van der Waals surface area contributed by atoms with Crippen molar-refractivity contribution < 1.29 is 0 Å². The summed E-state index contributed by atoms with van der Waals surface area (Å²) in [5.41, 5.74) is 3.07. The third-order valence-corrected chi connectivity index (χ3v) is 5.18. The average molecular weight is 272 g/mol. The molecule has 1 aromatic carbocycles. The van der Waals surface area contributed by atoms with E-state index in [1.54, 1.807) is 5.56 Å². The molecule has 110 valence electrons. The molecule has 1 fully saturated rings. The minimum atomic E-state index is 0.519. The Morgan fingerprint density at radius 1 is 1.30 bits per heavy atom. The highest BCUT2D eigenvalue weighted by Gasteiger charge is 2.39. The molecule has 1 N–H and O–H groups in total. The molecule has 0 bridgehead atoms. The van der Waals surface area contributed by atoms with E-state index in [9.17, 15) is 0 Å². The zero-order valence-corrected chi connectivity index (χ0v) is 13.1. The van der Waals surface area contributed by atoms with E-state index in [2.05, 4.69) is 55.4 Å². The standard InChI is InChI=1S/C18H28N2/c1-4-9-19-18-16-8-6-5-7-14(16)11-17(18)20(3)12-15-10-13(15)2/h5-8,13,15,17-19H,4,9-12H2,1-3H3. The van der Waals surface area contributed by atoms with Gasteiger partial charge in [0.2, 0.25) is 0 Å². The number of fused-ring (bicyclic) bond motifs is 1. The summed E-state index contributed by atoms with van der Waals surface area (Å²) in [5.74, 6) is 1.89. The molecule has 1 saturated carbocycles. The van der Waals surface area contributed by atoms with E-state index in [0.29, 0.717) is 12.1 Å². The van der Waals surface area contributed by atoms with E-state index in [1.165, 1.54) is 31.4 Å². The van der Waals surface area contributed by atoms with Crippen LogP contribution in [0.5, 0.6) is 0 Å². The summed E-state index contributed by atoms with van der Waals surface area (Å²) in [6.07, 6.45) is 3.83. The molecule has 0 aromatic heterocycles. The Balaban J connectivity index is 1.72. The summed E-state index contributed by atoms with van der Waals surface area (Å²) >= 11 is 0. The summed E-state index contributed by atoms with van der Waals surface area (Å²) in [7, 11) is 2.32. The van der Waals surface area contributed by atoms with Gasteiger partial charge in [-0.05, 0) is 55.8 Å². The van der Waals surface area contributed by atoms with Crippen LogP contribution in [0.15, 0.2) is 24.3 Å². The highest BCUT2D eigenvalue weighted by molar-refractivity contribution is 5.37. The van der Waals surface area contributed by atoms with Crippen LogP contribution >= 0.6 is 0 Å². The molecule has 3 rings (SSSR count). The Bertz CT molecular complexity index is 456. The van der Waals surface area contributed by atoms with Crippen LogP contribution in [-0.2, 0) is 6.42 Å². The van der Waals surface area contributed by atoms with Crippen molar-refractivity contribution in [3.8, 4) is 0 Å². The summed E-state index contributed by atoms with van der Waals surface area (Å²) in [6.45, 7) is 7.01. The second-order valence-electron chi connectivity index (χ2n) is 6.81. The van der Waals surface area contributed by atoms with Crippen LogP contribution in [-0.4, -0.2) is 31.1 Å². The van der Waals surface area contributed by atoms with Crippen LogP contribution in [0.1, 0.15) is 43.9 Å². The number of rotatable bonds is 6. The molecule has 4 atom stereocenters. The molecule has 2 nitrogen and oxygen atoms in total. The second kappa shape index (κ2) is 5.87. The Hall–Kier alpha value is -0.860. The zero-order chi connectivity index (χ0) is 14.1. The fourth-order valence-electron chi connectivity index (χ4n) is 3.69. The molecule has 2 aliphatic carbocycles. The van der Waals surface area contributed by atoms with Crippen molar-refractivity contribution in [3.63, 3.8) is 0 Å². The third-order valence-electron chi connectivity index (χ3n) is 5.18. The van der Waals surface area contributed by atoms with Gasteiger partial charge < -0.3 is 10.2 Å². The number of benzene rings is 1. The molecule has 1 aromatic rings. The lowest BCUT2D eigenvalue weighted by atomic mass is 10.1. The lowest BCUT2D eigenvalue weighted by molar-refractivity contribution is 0.194. The van der Waals surface area contributed by atoms with Gasteiger partial charge in [0.15, 0.2) is 0 Å². The fourth-order valence-corrected chi connectivity index (χ4v) is 3.69. The van der Waals surface area contributed by atoms with Gasteiger partial charge in [-0.1, -0.05) is 38.1 Å². The van der Waals surface area contributed by atoms with E-state index in [-0.39, 0.29) is 0 Å². The molecule has 0 heterocycles. The largest absolute Gasteiger partial charge is 0.309 e. The monoisotopic (exact) mass is 272 g/mol. The van der Waals surface area contributed by atoms with Crippen molar-refractivity contribution in [1.82, 2.24) is 10.2 Å². The predicted octanol–water partition coefficient (Wildman–Crippen LogP) is 3.24. The van der Waals surface area contributed by atoms with Gasteiger partial charge in [-0.3, -0.25) is 0 Å². The van der Waals surface area contributed by atoms with Crippen LogP contribution in [0.2, 0.25) is 0 Å². The first-order chi connectivity index (χ1) is 9.70. The molecule has 0 saturated heterocycles. The van der Waals surface area contributed by atoms with Crippen molar-refractivity contribution in [2.75, 3.05) is 20.1 Å². The SMILES string of the molecule is CCCNC1c2ccccc2CC1N(C)CC1CC1C. The first kappa shape index (κ1) is 14.1. The normalized spacial score (nSPS) is 31.6. The molecule has 2 heteroatoms. The van der Waals surface area contributed by atoms with Gasteiger partial charge in [-0.25, -0.2) is 0 Å². The molecular weight excluding hydrogens is 244 g/mol. The molecule has 20 heavy (non-hydrogen) atoms. The van der Waals surface area contributed by atoms with Gasteiger partial charge in [0, 0.05) is 18.6 Å². The molecule has 0 amide bonds. The molecule has 4 unspecified atom stereocenters. The maximum Gasteiger partial charge on any atom is 0.0484 e. The van der Waals surface area contributed by atoms with Crippen LogP contribution in [0.25, 0.3) is 0 Å². The minimum Gasteiger partial charge on any atom is -0.309 e. The van der Waals surface area contributed by atoms with Crippen LogP contribution in [0.3, 0.4) is 0 Å². The lowest BCUT2D eigenvalue weighted by Gasteiger charge is -2.31. The van der Waals surface area contributed by atoms with E-state index in [4.69, 9.17) is 0 Å². The first-order valence-corrected chi connectivity index (χ1v) is 8.22. The van der Waals surface area contributed by atoms with Crippen molar-refractivity contribution in [3.05, 3.63) is 35.4 Å². The molecule has 0 spiro atoms. The van der Waals surface area contributed by atoms with Gasteiger partial charge >= 0.3 is 0 Å². The first-order valence-electron chi connectivity index (χ1n) is 8.22. The number of hydrogen-bond donors (Lipinski definition) is 1. The lowest BCUT2D eigenvalue weighted by Crippen LogP contribution is -2.42. The highest BCUT2D eigenvalue weighted by Crippen LogP contribution is 2.40. The Morgan fingerprint density at radius 2 is 2.05 bits per heavy atom. The van der Waals surface area contributed by atoms with E-state index in [0.717, 1.165) is 18.4 Å². The molecule has 2 aliphatic rings. The Morgan fingerprint density at radius 3 is 2.75 bits per heavy atom. The molecular formula is C18H28N2. The van der Waals surface area contributed by atoms with Crippen molar-refractivity contribution in [2.45, 2.75) is 45.2 Å². The average Bonchev–Trinajstić information content (AvgIpc) is 3.01. The summed E-state index contributed by atoms with van der Waals surface area (Å²) in [5, 5.41) is 3.78. The summed E-state index contributed by atoms with van der Waals surface area (Å²) in [6, 6.07) is 10.1.